The van der Waals surface area contributed by atoms with Crippen LogP contribution in [0.25, 0.3) is 15.9 Å². The first kappa shape index (κ1) is 13.0. The molecule has 0 aliphatic heterocycles. The molecule has 1 aromatic carbocycles. The summed E-state index contributed by atoms with van der Waals surface area (Å²) < 4.78 is 2.88. The summed E-state index contributed by atoms with van der Waals surface area (Å²) in [4.78, 5) is 17.5. The molecule has 1 aliphatic rings. The highest BCUT2D eigenvalue weighted by Gasteiger charge is 2.19. The summed E-state index contributed by atoms with van der Waals surface area (Å²) in [6, 6.07) is 9.58. The number of nitrogens with one attached hydrogen (secondary N) is 1. The zero-order valence-corrected chi connectivity index (χ0v) is 13.0. The monoisotopic (exact) mass is 314 g/mol. The molecular weight excluding hydrogens is 300 g/mol. The standard InChI is InChI=1S/C16H14N2OS2/c19-15-14-13(11-8-4-5-9-12(11)21-14)17-16(20)18(15)10-6-2-1-3-7-10/h1-3,6-7H,4-5,8-9H2,(H,17,20). The van der Waals surface area contributed by atoms with E-state index in [-0.39, 0.29) is 5.56 Å². The molecule has 2 heterocycles. The maximum atomic E-state index is 12.9. The van der Waals surface area contributed by atoms with Gasteiger partial charge in [0.25, 0.3) is 5.56 Å². The van der Waals surface area contributed by atoms with Crippen LogP contribution in [0.1, 0.15) is 23.3 Å². The second-order valence-electron chi connectivity index (χ2n) is 5.32. The zero-order chi connectivity index (χ0) is 14.4. The molecule has 5 heteroatoms. The van der Waals surface area contributed by atoms with Crippen LogP contribution in [0.2, 0.25) is 0 Å². The van der Waals surface area contributed by atoms with Gasteiger partial charge < -0.3 is 4.98 Å². The molecule has 4 rings (SSSR count). The van der Waals surface area contributed by atoms with Crippen molar-refractivity contribution in [1.29, 1.82) is 0 Å². The van der Waals surface area contributed by atoms with Gasteiger partial charge in [-0.3, -0.25) is 9.36 Å². The fourth-order valence-corrected chi connectivity index (χ4v) is 4.58. The highest BCUT2D eigenvalue weighted by atomic mass is 32.1. The van der Waals surface area contributed by atoms with Gasteiger partial charge in [-0.2, -0.15) is 0 Å². The highest BCUT2D eigenvalue weighted by Crippen LogP contribution is 2.33. The molecule has 1 aliphatic carbocycles. The lowest BCUT2D eigenvalue weighted by atomic mass is 9.98. The van der Waals surface area contributed by atoms with Crippen LogP contribution >= 0.6 is 23.6 Å². The molecule has 3 aromatic rings. The van der Waals surface area contributed by atoms with Gasteiger partial charge in [-0.1, -0.05) is 18.2 Å². The van der Waals surface area contributed by atoms with E-state index in [0.717, 1.165) is 28.7 Å². The van der Waals surface area contributed by atoms with E-state index in [1.807, 2.05) is 30.3 Å². The van der Waals surface area contributed by atoms with Crippen molar-refractivity contribution in [3.63, 3.8) is 0 Å². The van der Waals surface area contributed by atoms with Crippen molar-refractivity contribution in [2.45, 2.75) is 25.7 Å². The molecule has 106 valence electrons. The smallest absolute Gasteiger partial charge is 0.276 e. The van der Waals surface area contributed by atoms with Gasteiger partial charge in [0.1, 0.15) is 4.70 Å². The maximum absolute atomic E-state index is 12.9. The normalized spacial score (nSPS) is 14.3. The third kappa shape index (κ3) is 2.00. The van der Waals surface area contributed by atoms with Crippen molar-refractivity contribution < 1.29 is 0 Å². The molecule has 0 fully saturated rings. The summed E-state index contributed by atoms with van der Waals surface area (Å²) in [7, 11) is 0. The van der Waals surface area contributed by atoms with Crippen molar-refractivity contribution in [3.8, 4) is 5.69 Å². The lowest BCUT2D eigenvalue weighted by Crippen LogP contribution is -2.19. The quantitative estimate of drug-likeness (QED) is 0.690. The SMILES string of the molecule is O=c1c2sc3c(c2[nH]c(=S)n1-c1ccccc1)CCCC3. The first-order valence-corrected chi connectivity index (χ1v) is 8.33. The first-order chi connectivity index (χ1) is 10.3. The van der Waals surface area contributed by atoms with E-state index in [9.17, 15) is 4.79 Å². The van der Waals surface area contributed by atoms with Crippen LogP contribution < -0.4 is 5.56 Å². The average Bonchev–Trinajstić information content (AvgIpc) is 2.88. The number of para-hydroxylation sites is 1. The Hall–Kier alpha value is -1.72. The number of nitrogens with zero attached hydrogens (tertiary/aromatic N) is 1. The second-order valence-corrected chi connectivity index (χ2v) is 6.81. The maximum Gasteiger partial charge on any atom is 0.276 e. The van der Waals surface area contributed by atoms with Gasteiger partial charge in [0, 0.05) is 4.88 Å². The molecule has 0 spiro atoms. The molecule has 2 aromatic heterocycles. The molecule has 0 bridgehead atoms. The molecule has 0 radical (unpaired) electrons. The van der Waals surface area contributed by atoms with Gasteiger partial charge in [-0.05, 0) is 55.6 Å². The van der Waals surface area contributed by atoms with E-state index in [1.165, 1.54) is 23.3 Å². The Morgan fingerprint density at radius 1 is 1.14 bits per heavy atom. The van der Waals surface area contributed by atoms with Crippen LogP contribution in [0.4, 0.5) is 0 Å². The number of aromatic amines is 1. The highest BCUT2D eigenvalue weighted by molar-refractivity contribution is 7.71. The molecule has 0 unspecified atom stereocenters. The fraction of sp³-hybridized carbons (Fsp3) is 0.250. The van der Waals surface area contributed by atoms with Gasteiger partial charge >= 0.3 is 0 Å². The molecule has 0 atom stereocenters. The minimum absolute atomic E-state index is 0.000602. The van der Waals surface area contributed by atoms with Gasteiger partial charge in [0.2, 0.25) is 0 Å². The van der Waals surface area contributed by atoms with Crippen LogP contribution in [0.3, 0.4) is 0 Å². The Kier molecular flexibility index (Phi) is 3.05. The summed E-state index contributed by atoms with van der Waals surface area (Å²) in [5.74, 6) is 0. The third-order valence-corrected chi connectivity index (χ3v) is 5.58. The van der Waals surface area contributed by atoms with Crippen LogP contribution in [0.15, 0.2) is 35.1 Å². The van der Waals surface area contributed by atoms with Crippen molar-refractivity contribution >= 4 is 33.8 Å². The predicted octanol–water partition coefficient (Wildman–Crippen LogP) is 3.99. The predicted molar refractivity (Wildman–Crippen MR) is 89.2 cm³/mol. The molecule has 3 nitrogen and oxygen atoms in total. The molecule has 0 amide bonds. The average molecular weight is 314 g/mol. The summed E-state index contributed by atoms with van der Waals surface area (Å²) in [5, 5.41) is 0. The number of hydrogen-bond acceptors (Lipinski definition) is 3. The summed E-state index contributed by atoms with van der Waals surface area (Å²) in [5.41, 5.74) is 3.10. The lowest BCUT2D eigenvalue weighted by Gasteiger charge is -2.10. The number of benzene rings is 1. The largest absolute Gasteiger partial charge is 0.330 e. The lowest BCUT2D eigenvalue weighted by molar-refractivity contribution is 0.699. The zero-order valence-electron chi connectivity index (χ0n) is 11.4. The Morgan fingerprint density at radius 3 is 2.71 bits per heavy atom. The number of rotatable bonds is 1. The van der Waals surface area contributed by atoms with E-state index in [1.54, 1.807) is 15.9 Å². The second kappa shape index (κ2) is 4.93. The number of aromatic nitrogens is 2. The third-order valence-electron chi connectivity index (χ3n) is 4.02. The summed E-state index contributed by atoms with van der Waals surface area (Å²) in [6.45, 7) is 0. The van der Waals surface area contributed by atoms with Crippen molar-refractivity contribution in [2.24, 2.45) is 0 Å². The van der Waals surface area contributed by atoms with E-state index in [2.05, 4.69) is 4.98 Å². The molecule has 0 saturated carbocycles. The fourth-order valence-electron chi connectivity index (χ4n) is 3.02. The topological polar surface area (TPSA) is 37.8 Å². The number of H-pyrrole nitrogens is 1. The first-order valence-electron chi connectivity index (χ1n) is 7.11. The number of aryl methyl sites for hydroxylation is 2. The van der Waals surface area contributed by atoms with Gasteiger partial charge in [-0.25, -0.2) is 0 Å². The van der Waals surface area contributed by atoms with Crippen LogP contribution in [-0.4, -0.2) is 9.55 Å². The molecule has 21 heavy (non-hydrogen) atoms. The number of thiophene rings is 1. The van der Waals surface area contributed by atoms with E-state index < -0.39 is 0 Å². The van der Waals surface area contributed by atoms with E-state index in [4.69, 9.17) is 12.2 Å². The van der Waals surface area contributed by atoms with Crippen molar-refractivity contribution in [1.82, 2.24) is 9.55 Å². The minimum Gasteiger partial charge on any atom is -0.330 e. The van der Waals surface area contributed by atoms with E-state index in [0.29, 0.717) is 4.77 Å². The Labute approximate surface area is 130 Å². The van der Waals surface area contributed by atoms with E-state index >= 15 is 0 Å². The number of fused-ring (bicyclic) bond motifs is 3. The van der Waals surface area contributed by atoms with Crippen LogP contribution in [-0.2, 0) is 12.8 Å². The summed E-state index contributed by atoms with van der Waals surface area (Å²) in [6.07, 6.45) is 4.55. The Morgan fingerprint density at radius 2 is 1.90 bits per heavy atom. The molecule has 0 saturated heterocycles. The summed E-state index contributed by atoms with van der Waals surface area (Å²) >= 11 is 7.07. The van der Waals surface area contributed by atoms with Crippen molar-refractivity contribution in [3.05, 3.63) is 55.9 Å². The molecule has 1 N–H and O–H groups in total. The van der Waals surface area contributed by atoms with Gasteiger partial charge in [-0.15, -0.1) is 11.3 Å². The van der Waals surface area contributed by atoms with Crippen LogP contribution in [0.5, 0.6) is 0 Å². The van der Waals surface area contributed by atoms with Gasteiger partial charge in [0.15, 0.2) is 4.77 Å². The van der Waals surface area contributed by atoms with Crippen molar-refractivity contribution in [2.75, 3.05) is 0 Å². The number of hydrogen-bond donors (Lipinski definition) is 1. The molecular formula is C16H14N2OS2. The Balaban J connectivity index is 2.07. The Bertz CT molecular complexity index is 935. The van der Waals surface area contributed by atoms with Crippen LogP contribution in [0, 0.1) is 4.77 Å². The van der Waals surface area contributed by atoms with Gasteiger partial charge in [0.05, 0.1) is 11.2 Å². The minimum atomic E-state index is -0.000602.